The van der Waals surface area contributed by atoms with E-state index in [0.717, 1.165) is 10.7 Å². The number of hydrazine groups is 1. The van der Waals surface area contributed by atoms with Gasteiger partial charge in [0.15, 0.2) is 0 Å². The Morgan fingerprint density at radius 3 is 3.18 bits per heavy atom. The van der Waals surface area contributed by atoms with Crippen molar-refractivity contribution in [2.75, 3.05) is 0 Å². The fraction of sp³-hybridized carbons (Fsp3) is 0.273. The first-order valence-corrected chi connectivity index (χ1v) is 6.16. The summed E-state index contributed by atoms with van der Waals surface area (Å²) < 4.78 is 1.96. The highest BCUT2D eigenvalue weighted by molar-refractivity contribution is 7.13. The van der Waals surface area contributed by atoms with Crippen molar-refractivity contribution in [1.82, 2.24) is 15.0 Å². The first kappa shape index (κ1) is 11.8. The third kappa shape index (κ3) is 2.54. The molecule has 2 heterocycles. The minimum atomic E-state index is -0.187. The van der Waals surface area contributed by atoms with E-state index < -0.39 is 0 Å². The fourth-order valence-corrected chi connectivity index (χ4v) is 2.34. The standard InChI is InChI=1S/C11H14N4OS/c1-8(11(16)14-12)7-15-5-4-13-10(15)9-3-2-6-17-9/h2-6,8H,7,12H2,1H3,(H,14,16). The summed E-state index contributed by atoms with van der Waals surface area (Å²) >= 11 is 1.63. The summed E-state index contributed by atoms with van der Waals surface area (Å²) in [5, 5.41) is 2.00. The van der Waals surface area contributed by atoms with Crippen LogP contribution in [0.1, 0.15) is 6.92 Å². The largest absolute Gasteiger partial charge is 0.330 e. The molecule has 0 saturated carbocycles. The zero-order chi connectivity index (χ0) is 12.3. The SMILES string of the molecule is CC(Cn1ccnc1-c1cccs1)C(=O)NN. The van der Waals surface area contributed by atoms with Crippen LogP contribution in [0.15, 0.2) is 29.9 Å². The smallest absolute Gasteiger partial charge is 0.238 e. The number of imidazole rings is 1. The van der Waals surface area contributed by atoms with Crippen molar-refractivity contribution in [3.05, 3.63) is 29.9 Å². The van der Waals surface area contributed by atoms with E-state index in [9.17, 15) is 4.79 Å². The van der Waals surface area contributed by atoms with Crippen molar-refractivity contribution in [2.24, 2.45) is 11.8 Å². The molecular weight excluding hydrogens is 236 g/mol. The van der Waals surface area contributed by atoms with E-state index in [-0.39, 0.29) is 11.8 Å². The molecular formula is C11H14N4OS. The average molecular weight is 250 g/mol. The maximum absolute atomic E-state index is 11.4. The number of hydrogen-bond acceptors (Lipinski definition) is 4. The van der Waals surface area contributed by atoms with Crippen LogP contribution in [0.25, 0.3) is 10.7 Å². The summed E-state index contributed by atoms with van der Waals surface area (Å²) in [5.41, 5.74) is 2.16. The lowest BCUT2D eigenvalue weighted by molar-refractivity contribution is -0.124. The van der Waals surface area contributed by atoms with Gasteiger partial charge in [0.2, 0.25) is 5.91 Å². The van der Waals surface area contributed by atoms with E-state index in [0.29, 0.717) is 6.54 Å². The summed E-state index contributed by atoms with van der Waals surface area (Å²) in [7, 11) is 0. The molecule has 0 aromatic carbocycles. The van der Waals surface area contributed by atoms with Crippen LogP contribution in [-0.4, -0.2) is 15.5 Å². The van der Waals surface area contributed by atoms with Crippen LogP contribution in [-0.2, 0) is 11.3 Å². The highest BCUT2D eigenvalue weighted by Crippen LogP contribution is 2.23. The van der Waals surface area contributed by atoms with Gasteiger partial charge in [0.1, 0.15) is 5.82 Å². The van der Waals surface area contributed by atoms with Gasteiger partial charge in [0.05, 0.1) is 10.8 Å². The van der Waals surface area contributed by atoms with Gasteiger partial charge in [-0.3, -0.25) is 10.2 Å². The predicted octanol–water partition coefficient (Wildman–Crippen LogP) is 1.24. The minimum Gasteiger partial charge on any atom is -0.330 e. The van der Waals surface area contributed by atoms with Gasteiger partial charge in [0.25, 0.3) is 0 Å². The Balaban J connectivity index is 2.18. The Morgan fingerprint density at radius 2 is 2.53 bits per heavy atom. The van der Waals surface area contributed by atoms with Gasteiger partial charge in [0, 0.05) is 18.9 Å². The van der Waals surface area contributed by atoms with Crippen molar-refractivity contribution < 1.29 is 4.79 Å². The molecule has 3 N–H and O–H groups in total. The van der Waals surface area contributed by atoms with Crippen molar-refractivity contribution in [3.63, 3.8) is 0 Å². The zero-order valence-electron chi connectivity index (χ0n) is 9.46. The number of nitrogens with two attached hydrogens (primary N) is 1. The third-order valence-electron chi connectivity index (χ3n) is 2.52. The van der Waals surface area contributed by atoms with E-state index in [1.165, 1.54) is 0 Å². The number of amides is 1. The second kappa shape index (κ2) is 5.11. The van der Waals surface area contributed by atoms with Gasteiger partial charge in [-0.05, 0) is 11.4 Å². The highest BCUT2D eigenvalue weighted by atomic mass is 32.1. The van der Waals surface area contributed by atoms with Gasteiger partial charge in [-0.2, -0.15) is 0 Å². The second-order valence-corrected chi connectivity index (χ2v) is 4.74. The molecule has 5 nitrogen and oxygen atoms in total. The molecule has 0 aliphatic rings. The van der Waals surface area contributed by atoms with Crippen LogP contribution in [0, 0.1) is 5.92 Å². The summed E-state index contributed by atoms with van der Waals surface area (Å²) in [4.78, 5) is 16.8. The summed E-state index contributed by atoms with van der Waals surface area (Å²) in [6.45, 7) is 2.40. The molecule has 1 unspecified atom stereocenters. The Hall–Kier alpha value is -1.66. The van der Waals surface area contributed by atoms with Gasteiger partial charge in [-0.15, -0.1) is 11.3 Å². The summed E-state index contributed by atoms with van der Waals surface area (Å²) in [6, 6.07) is 3.99. The van der Waals surface area contributed by atoms with Gasteiger partial charge in [-0.25, -0.2) is 10.8 Å². The molecule has 2 aromatic heterocycles. The lowest BCUT2D eigenvalue weighted by Gasteiger charge is -2.12. The Bertz CT molecular complexity index is 491. The molecule has 0 saturated heterocycles. The molecule has 0 bridgehead atoms. The first-order chi connectivity index (χ1) is 8.22. The molecule has 1 amide bonds. The van der Waals surface area contributed by atoms with Crippen LogP contribution >= 0.6 is 11.3 Å². The Morgan fingerprint density at radius 1 is 1.71 bits per heavy atom. The number of nitrogens with zero attached hydrogens (tertiary/aromatic N) is 2. The number of carbonyl (C=O) groups excluding carboxylic acids is 1. The number of aromatic nitrogens is 2. The lowest BCUT2D eigenvalue weighted by Crippen LogP contribution is -2.36. The minimum absolute atomic E-state index is 0.171. The maximum Gasteiger partial charge on any atom is 0.238 e. The quantitative estimate of drug-likeness (QED) is 0.487. The predicted molar refractivity (Wildman–Crippen MR) is 67.0 cm³/mol. The van der Waals surface area contributed by atoms with Gasteiger partial charge < -0.3 is 4.57 Å². The molecule has 0 aliphatic heterocycles. The normalized spacial score (nSPS) is 12.4. The Kier molecular flexibility index (Phi) is 3.55. The Labute approximate surface area is 103 Å². The molecule has 0 fully saturated rings. The van der Waals surface area contributed by atoms with E-state index in [1.807, 2.05) is 35.2 Å². The van der Waals surface area contributed by atoms with E-state index in [2.05, 4.69) is 10.4 Å². The fourth-order valence-electron chi connectivity index (χ4n) is 1.61. The van der Waals surface area contributed by atoms with Crippen LogP contribution < -0.4 is 11.3 Å². The molecule has 90 valence electrons. The number of rotatable bonds is 4. The lowest BCUT2D eigenvalue weighted by atomic mass is 10.1. The highest BCUT2D eigenvalue weighted by Gasteiger charge is 2.14. The van der Waals surface area contributed by atoms with Crippen molar-refractivity contribution >= 4 is 17.2 Å². The number of nitrogens with one attached hydrogen (secondary N) is 1. The summed E-state index contributed by atoms with van der Waals surface area (Å²) in [6.07, 6.45) is 3.61. The van der Waals surface area contributed by atoms with Crippen LogP contribution in [0.5, 0.6) is 0 Å². The van der Waals surface area contributed by atoms with E-state index in [4.69, 9.17) is 5.84 Å². The van der Waals surface area contributed by atoms with Crippen LogP contribution in [0.2, 0.25) is 0 Å². The molecule has 0 aliphatic carbocycles. The molecule has 2 rings (SSSR count). The van der Waals surface area contributed by atoms with Gasteiger partial charge >= 0.3 is 0 Å². The number of thiophene rings is 1. The third-order valence-corrected chi connectivity index (χ3v) is 3.38. The van der Waals surface area contributed by atoms with Crippen LogP contribution in [0.3, 0.4) is 0 Å². The molecule has 0 radical (unpaired) electrons. The topological polar surface area (TPSA) is 72.9 Å². The van der Waals surface area contributed by atoms with Crippen molar-refractivity contribution in [3.8, 4) is 10.7 Å². The second-order valence-electron chi connectivity index (χ2n) is 3.79. The van der Waals surface area contributed by atoms with Crippen molar-refractivity contribution in [2.45, 2.75) is 13.5 Å². The van der Waals surface area contributed by atoms with E-state index in [1.54, 1.807) is 17.5 Å². The molecule has 2 aromatic rings. The van der Waals surface area contributed by atoms with Gasteiger partial charge in [-0.1, -0.05) is 13.0 Å². The molecule has 0 spiro atoms. The maximum atomic E-state index is 11.4. The molecule has 17 heavy (non-hydrogen) atoms. The average Bonchev–Trinajstić information content (AvgIpc) is 2.97. The number of hydrogen-bond donors (Lipinski definition) is 2. The first-order valence-electron chi connectivity index (χ1n) is 5.28. The monoisotopic (exact) mass is 250 g/mol. The summed E-state index contributed by atoms with van der Waals surface area (Å²) in [5.74, 6) is 5.64. The van der Waals surface area contributed by atoms with Crippen LogP contribution in [0.4, 0.5) is 0 Å². The zero-order valence-corrected chi connectivity index (χ0v) is 10.3. The molecule has 1 atom stereocenters. The molecule has 6 heteroatoms. The van der Waals surface area contributed by atoms with Crippen molar-refractivity contribution in [1.29, 1.82) is 0 Å². The van der Waals surface area contributed by atoms with E-state index >= 15 is 0 Å². The number of carbonyl (C=O) groups is 1.